The number of alkyl halides is 2. The van der Waals surface area contributed by atoms with Gasteiger partial charge in [-0.15, -0.1) is 0 Å². The van der Waals surface area contributed by atoms with Gasteiger partial charge in [-0.3, -0.25) is 0 Å². The van der Waals surface area contributed by atoms with Crippen LogP contribution in [0.4, 0.5) is 14.5 Å². The van der Waals surface area contributed by atoms with Gasteiger partial charge >= 0.3 is 0 Å². The Bertz CT molecular complexity index is 343. The summed E-state index contributed by atoms with van der Waals surface area (Å²) < 4.78 is 29.0. The lowest BCUT2D eigenvalue weighted by atomic mass is 9.93. The van der Waals surface area contributed by atoms with E-state index in [1.54, 1.807) is 12.1 Å². The van der Waals surface area contributed by atoms with Crippen molar-refractivity contribution in [3.8, 4) is 5.88 Å². The summed E-state index contributed by atoms with van der Waals surface area (Å²) in [5.74, 6) is 0.259. The second-order valence-corrected chi connectivity index (χ2v) is 3.83. The van der Waals surface area contributed by atoms with Gasteiger partial charge in [-0.2, -0.15) is 0 Å². The zero-order chi connectivity index (χ0) is 11.4. The highest BCUT2D eigenvalue weighted by molar-refractivity contribution is 5.53. The molecule has 1 fully saturated rings. The van der Waals surface area contributed by atoms with Crippen molar-refractivity contribution < 1.29 is 13.5 Å². The summed E-state index contributed by atoms with van der Waals surface area (Å²) in [4.78, 5) is 3.94. The number of hydrogen-bond donors (Lipinski definition) is 1. The van der Waals surface area contributed by atoms with E-state index in [1.807, 2.05) is 0 Å². The summed E-state index contributed by atoms with van der Waals surface area (Å²) in [5, 5.41) is 3.24. The first-order chi connectivity index (χ1) is 7.75. The Balaban J connectivity index is 1.98. The van der Waals surface area contributed by atoms with E-state index in [0.29, 0.717) is 11.7 Å². The summed E-state index contributed by atoms with van der Waals surface area (Å²) in [7, 11) is 0. The molecule has 16 heavy (non-hydrogen) atoms. The molecule has 0 atom stereocenters. The number of halogens is 2. The maximum absolute atomic E-state index is 12.0. The lowest BCUT2D eigenvalue weighted by molar-refractivity contribution is 0.0799. The first-order valence-electron chi connectivity index (χ1n) is 5.38. The van der Waals surface area contributed by atoms with Crippen molar-refractivity contribution in [2.75, 3.05) is 11.9 Å². The average molecular weight is 228 g/mol. The highest BCUT2D eigenvalue weighted by Crippen LogP contribution is 2.27. The Labute approximate surface area is 92.8 Å². The highest BCUT2D eigenvalue weighted by Gasteiger charge is 2.19. The van der Waals surface area contributed by atoms with Crippen LogP contribution in [0, 0.1) is 0 Å². The zero-order valence-electron chi connectivity index (χ0n) is 8.83. The molecule has 1 saturated carbocycles. The Morgan fingerprint density at radius 3 is 2.94 bits per heavy atom. The highest BCUT2D eigenvalue weighted by atomic mass is 19.3. The van der Waals surface area contributed by atoms with Crippen molar-refractivity contribution in [3.63, 3.8) is 0 Å². The standard InChI is InChI=1S/C11H14F2N2O/c12-10(13)7-16-11-9(5-2-6-14-11)15-8-3-1-4-8/h2,5-6,8,10,15H,1,3-4,7H2. The number of ether oxygens (including phenoxy) is 1. The molecule has 1 aromatic rings. The van der Waals surface area contributed by atoms with Crippen LogP contribution in [0.3, 0.4) is 0 Å². The van der Waals surface area contributed by atoms with Crippen molar-refractivity contribution in [2.45, 2.75) is 31.7 Å². The van der Waals surface area contributed by atoms with Crippen molar-refractivity contribution in [1.29, 1.82) is 0 Å². The fraction of sp³-hybridized carbons (Fsp3) is 0.545. The summed E-state index contributed by atoms with van der Waals surface area (Å²) in [6.45, 7) is -0.615. The minimum absolute atomic E-state index is 0.259. The third-order valence-electron chi connectivity index (χ3n) is 2.58. The number of pyridine rings is 1. The SMILES string of the molecule is FC(F)COc1ncccc1NC1CCC1. The van der Waals surface area contributed by atoms with Crippen LogP contribution in [0.15, 0.2) is 18.3 Å². The second-order valence-electron chi connectivity index (χ2n) is 3.83. The van der Waals surface area contributed by atoms with E-state index >= 15 is 0 Å². The lowest BCUT2D eigenvalue weighted by Crippen LogP contribution is -2.27. The van der Waals surface area contributed by atoms with Gasteiger partial charge in [0.15, 0.2) is 6.61 Å². The smallest absolute Gasteiger partial charge is 0.272 e. The van der Waals surface area contributed by atoms with Crippen LogP contribution in [0.1, 0.15) is 19.3 Å². The van der Waals surface area contributed by atoms with Gasteiger partial charge in [-0.25, -0.2) is 13.8 Å². The van der Waals surface area contributed by atoms with Crippen molar-refractivity contribution in [3.05, 3.63) is 18.3 Å². The first kappa shape index (κ1) is 11.1. The third kappa shape index (κ3) is 2.81. The molecule has 0 bridgehead atoms. The number of aromatic nitrogens is 1. The van der Waals surface area contributed by atoms with Gasteiger partial charge in [-0.1, -0.05) is 0 Å². The van der Waals surface area contributed by atoms with Crippen molar-refractivity contribution in [1.82, 2.24) is 4.98 Å². The summed E-state index contributed by atoms with van der Waals surface area (Å²) in [6, 6.07) is 3.99. The largest absolute Gasteiger partial charge is 0.470 e. The summed E-state index contributed by atoms with van der Waals surface area (Å²) in [6.07, 6.45) is 2.50. The van der Waals surface area contributed by atoms with Crippen LogP contribution in [-0.4, -0.2) is 24.1 Å². The predicted molar refractivity (Wildman–Crippen MR) is 57.0 cm³/mol. The fourth-order valence-electron chi connectivity index (χ4n) is 1.53. The summed E-state index contributed by atoms with van der Waals surface area (Å²) in [5.41, 5.74) is 0.702. The molecule has 0 aliphatic heterocycles. The minimum Gasteiger partial charge on any atom is -0.470 e. The molecule has 0 spiro atoms. The van der Waals surface area contributed by atoms with Crippen LogP contribution < -0.4 is 10.1 Å². The van der Waals surface area contributed by atoms with E-state index in [-0.39, 0.29) is 5.88 Å². The van der Waals surface area contributed by atoms with E-state index in [9.17, 15) is 8.78 Å². The molecular weight excluding hydrogens is 214 g/mol. The van der Waals surface area contributed by atoms with Crippen molar-refractivity contribution in [2.24, 2.45) is 0 Å². The maximum atomic E-state index is 12.0. The minimum atomic E-state index is -2.47. The van der Waals surface area contributed by atoms with E-state index < -0.39 is 13.0 Å². The monoisotopic (exact) mass is 228 g/mol. The normalized spacial score (nSPS) is 15.9. The predicted octanol–water partition coefficient (Wildman–Crippen LogP) is 2.69. The molecule has 0 saturated heterocycles. The molecule has 1 N–H and O–H groups in total. The zero-order valence-corrected chi connectivity index (χ0v) is 8.83. The summed E-state index contributed by atoms with van der Waals surface area (Å²) >= 11 is 0. The molecular formula is C11H14F2N2O. The van der Waals surface area contributed by atoms with E-state index in [1.165, 1.54) is 12.6 Å². The molecule has 0 unspecified atom stereocenters. The van der Waals surface area contributed by atoms with E-state index in [2.05, 4.69) is 10.3 Å². The molecule has 1 aliphatic carbocycles. The Hall–Kier alpha value is -1.39. The van der Waals surface area contributed by atoms with Gasteiger partial charge in [0.05, 0.1) is 5.69 Å². The number of nitrogens with zero attached hydrogens (tertiary/aromatic N) is 1. The van der Waals surface area contributed by atoms with E-state index in [4.69, 9.17) is 4.74 Å². The second kappa shape index (κ2) is 5.09. The van der Waals surface area contributed by atoms with Gasteiger partial charge < -0.3 is 10.1 Å². The third-order valence-corrected chi connectivity index (χ3v) is 2.58. The quantitative estimate of drug-likeness (QED) is 0.841. The molecule has 88 valence electrons. The van der Waals surface area contributed by atoms with Crippen LogP contribution >= 0.6 is 0 Å². The molecule has 0 radical (unpaired) electrons. The molecule has 0 amide bonds. The van der Waals surface area contributed by atoms with Gasteiger partial charge in [0.2, 0.25) is 5.88 Å². The number of nitrogens with one attached hydrogen (secondary N) is 1. The Kier molecular flexibility index (Phi) is 3.54. The number of rotatable bonds is 5. The molecule has 1 aromatic heterocycles. The van der Waals surface area contributed by atoms with E-state index in [0.717, 1.165) is 12.8 Å². The molecule has 0 aromatic carbocycles. The van der Waals surface area contributed by atoms with Crippen LogP contribution in [0.5, 0.6) is 5.88 Å². The molecule has 1 aliphatic rings. The topological polar surface area (TPSA) is 34.1 Å². The average Bonchev–Trinajstić information content (AvgIpc) is 2.22. The fourth-order valence-corrected chi connectivity index (χ4v) is 1.53. The van der Waals surface area contributed by atoms with Crippen molar-refractivity contribution >= 4 is 5.69 Å². The first-order valence-corrected chi connectivity index (χ1v) is 5.38. The van der Waals surface area contributed by atoms with Crippen LogP contribution in [0.2, 0.25) is 0 Å². The van der Waals surface area contributed by atoms with Gasteiger partial charge in [0.1, 0.15) is 0 Å². The number of anilines is 1. The molecule has 5 heteroatoms. The lowest BCUT2D eigenvalue weighted by Gasteiger charge is -2.27. The molecule has 2 rings (SSSR count). The Morgan fingerprint density at radius 1 is 1.50 bits per heavy atom. The van der Waals surface area contributed by atoms with Crippen LogP contribution in [-0.2, 0) is 0 Å². The maximum Gasteiger partial charge on any atom is 0.272 e. The molecule has 3 nitrogen and oxygen atoms in total. The van der Waals surface area contributed by atoms with Gasteiger partial charge in [0.25, 0.3) is 6.43 Å². The van der Waals surface area contributed by atoms with Gasteiger partial charge in [0, 0.05) is 12.2 Å². The number of hydrogen-bond acceptors (Lipinski definition) is 3. The Morgan fingerprint density at radius 2 is 2.31 bits per heavy atom. The van der Waals surface area contributed by atoms with Crippen LogP contribution in [0.25, 0.3) is 0 Å². The molecule has 1 heterocycles. The van der Waals surface area contributed by atoms with Gasteiger partial charge in [-0.05, 0) is 31.4 Å².